The lowest BCUT2D eigenvalue weighted by Crippen LogP contribution is -2.20. The lowest BCUT2D eigenvalue weighted by Gasteiger charge is -2.06. The highest BCUT2D eigenvalue weighted by Crippen LogP contribution is 2.15. The number of aromatic nitrogens is 2. The van der Waals surface area contributed by atoms with Gasteiger partial charge in [-0.3, -0.25) is 4.79 Å². The summed E-state index contributed by atoms with van der Waals surface area (Å²) < 4.78 is 2.14. The van der Waals surface area contributed by atoms with Crippen molar-refractivity contribution in [2.45, 2.75) is 26.4 Å². The van der Waals surface area contributed by atoms with Gasteiger partial charge in [0.25, 0.3) is 0 Å². The first-order valence-corrected chi connectivity index (χ1v) is 6.09. The first kappa shape index (κ1) is 12.6. The lowest BCUT2D eigenvalue weighted by atomic mass is 10.3. The summed E-state index contributed by atoms with van der Waals surface area (Å²) in [5, 5.41) is 11.7. The van der Waals surface area contributed by atoms with Crippen molar-refractivity contribution in [3.05, 3.63) is 30.1 Å². The smallest absolute Gasteiger partial charge is 0.304 e. The number of benzene rings is 1. The summed E-state index contributed by atoms with van der Waals surface area (Å²) in [5.74, 6) is 0.163. The molecule has 96 valence electrons. The number of hydrogen-bond acceptors (Lipinski definition) is 3. The van der Waals surface area contributed by atoms with Crippen LogP contribution in [0.5, 0.6) is 0 Å². The van der Waals surface area contributed by atoms with Gasteiger partial charge in [-0.15, -0.1) is 0 Å². The molecule has 18 heavy (non-hydrogen) atoms. The highest BCUT2D eigenvalue weighted by molar-refractivity contribution is 5.75. The average Bonchev–Trinajstić information content (AvgIpc) is 2.71. The zero-order valence-electron chi connectivity index (χ0n) is 10.4. The Morgan fingerprint density at radius 1 is 1.44 bits per heavy atom. The molecule has 0 aliphatic carbocycles. The van der Waals surface area contributed by atoms with Gasteiger partial charge in [0.15, 0.2) is 0 Å². The van der Waals surface area contributed by atoms with Gasteiger partial charge in [0.1, 0.15) is 5.82 Å². The molecule has 2 aromatic rings. The fraction of sp³-hybridized carbons (Fsp3) is 0.385. The molecule has 0 aliphatic rings. The average molecular weight is 247 g/mol. The molecule has 0 atom stereocenters. The Morgan fingerprint density at radius 3 is 2.94 bits per heavy atom. The fourth-order valence-electron chi connectivity index (χ4n) is 2.01. The normalized spacial score (nSPS) is 10.9. The van der Waals surface area contributed by atoms with Crippen LogP contribution in [0.2, 0.25) is 0 Å². The molecule has 0 unspecified atom stereocenters. The van der Waals surface area contributed by atoms with Crippen molar-refractivity contribution in [1.82, 2.24) is 14.9 Å². The van der Waals surface area contributed by atoms with Crippen LogP contribution in [0.4, 0.5) is 0 Å². The second-order valence-corrected chi connectivity index (χ2v) is 4.08. The van der Waals surface area contributed by atoms with Crippen molar-refractivity contribution in [3.63, 3.8) is 0 Å². The first-order valence-electron chi connectivity index (χ1n) is 6.09. The molecule has 1 aromatic heterocycles. The largest absolute Gasteiger partial charge is 0.481 e. The van der Waals surface area contributed by atoms with Crippen molar-refractivity contribution >= 4 is 17.0 Å². The monoisotopic (exact) mass is 247 g/mol. The maximum Gasteiger partial charge on any atom is 0.304 e. The van der Waals surface area contributed by atoms with E-state index < -0.39 is 5.97 Å². The number of carbonyl (C=O) groups is 1. The molecule has 0 amide bonds. The lowest BCUT2D eigenvalue weighted by molar-refractivity contribution is -0.136. The van der Waals surface area contributed by atoms with Gasteiger partial charge in [-0.05, 0) is 19.1 Å². The fourth-order valence-corrected chi connectivity index (χ4v) is 2.01. The Kier molecular flexibility index (Phi) is 3.94. The molecule has 0 spiro atoms. The number of aryl methyl sites for hydroxylation is 1. The van der Waals surface area contributed by atoms with Crippen molar-refractivity contribution < 1.29 is 9.90 Å². The van der Waals surface area contributed by atoms with Crippen LogP contribution in [0.25, 0.3) is 11.0 Å². The summed E-state index contributed by atoms with van der Waals surface area (Å²) in [6, 6.07) is 8.00. The van der Waals surface area contributed by atoms with E-state index >= 15 is 0 Å². The summed E-state index contributed by atoms with van der Waals surface area (Å²) in [4.78, 5) is 15.0. The summed E-state index contributed by atoms with van der Waals surface area (Å²) in [6.07, 6.45) is 0.131. The van der Waals surface area contributed by atoms with Crippen molar-refractivity contribution in [2.24, 2.45) is 0 Å². The molecular weight excluding hydrogens is 230 g/mol. The van der Waals surface area contributed by atoms with Crippen LogP contribution in [-0.2, 0) is 17.9 Å². The predicted octanol–water partition coefficient (Wildman–Crippen LogP) is 1.62. The summed E-state index contributed by atoms with van der Waals surface area (Å²) in [7, 11) is 0. The number of nitrogens with one attached hydrogen (secondary N) is 1. The van der Waals surface area contributed by atoms with Crippen LogP contribution in [-0.4, -0.2) is 27.2 Å². The quantitative estimate of drug-likeness (QED) is 0.761. The number of aliphatic carboxylic acids is 1. The number of imidazole rings is 1. The van der Waals surface area contributed by atoms with Crippen LogP contribution >= 0.6 is 0 Å². The molecule has 0 saturated heterocycles. The number of nitrogens with zero attached hydrogens (tertiary/aromatic N) is 2. The number of carboxylic acid groups (broad SMARTS) is 1. The van der Waals surface area contributed by atoms with Gasteiger partial charge in [-0.25, -0.2) is 4.98 Å². The third kappa shape index (κ3) is 2.68. The van der Waals surface area contributed by atoms with E-state index in [2.05, 4.69) is 21.8 Å². The summed E-state index contributed by atoms with van der Waals surface area (Å²) in [6.45, 7) is 3.99. The Morgan fingerprint density at radius 2 is 2.22 bits per heavy atom. The van der Waals surface area contributed by atoms with Gasteiger partial charge < -0.3 is 15.0 Å². The molecule has 5 heteroatoms. The predicted molar refractivity (Wildman–Crippen MR) is 69.4 cm³/mol. The zero-order valence-corrected chi connectivity index (χ0v) is 10.4. The molecule has 0 fully saturated rings. The molecule has 0 radical (unpaired) electrons. The van der Waals surface area contributed by atoms with E-state index in [0.717, 1.165) is 23.4 Å². The summed E-state index contributed by atoms with van der Waals surface area (Å²) in [5.41, 5.74) is 2.10. The van der Waals surface area contributed by atoms with E-state index in [4.69, 9.17) is 5.11 Å². The number of rotatable bonds is 6. The zero-order chi connectivity index (χ0) is 13.0. The molecule has 0 bridgehead atoms. The third-order valence-electron chi connectivity index (χ3n) is 2.85. The molecule has 0 aliphatic heterocycles. The number of carboxylic acids is 1. The molecule has 1 aromatic carbocycles. The van der Waals surface area contributed by atoms with Gasteiger partial charge >= 0.3 is 5.97 Å². The Labute approximate surface area is 105 Å². The van der Waals surface area contributed by atoms with E-state index in [1.54, 1.807) is 0 Å². The Bertz CT molecular complexity index is 548. The van der Waals surface area contributed by atoms with Crippen molar-refractivity contribution in [2.75, 3.05) is 6.54 Å². The minimum atomic E-state index is -0.786. The Balaban J connectivity index is 2.10. The standard InChI is InChI=1S/C13H17N3O2/c1-2-16-11-6-4-3-5-10(11)15-12(16)9-14-8-7-13(17)18/h3-6,14H,2,7-9H2,1H3,(H,17,18). The van der Waals surface area contributed by atoms with Crippen LogP contribution in [0.3, 0.4) is 0 Å². The maximum absolute atomic E-state index is 10.4. The highest BCUT2D eigenvalue weighted by atomic mass is 16.4. The molecule has 5 nitrogen and oxygen atoms in total. The van der Waals surface area contributed by atoms with Gasteiger partial charge in [-0.2, -0.15) is 0 Å². The number of hydrogen-bond donors (Lipinski definition) is 2. The van der Waals surface area contributed by atoms with Crippen LogP contribution in [0.1, 0.15) is 19.2 Å². The minimum absolute atomic E-state index is 0.131. The molecule has 2 rings (SSSR count). The van der Waals surface area contributed by atoms with Crippen molar-refractivity contribution in [3.8, 4) is 0 Å². The van der Waals surface area contributed by atoms with Crippen LogP contribution in [0.15, 0.2) is 24.3 Å². The molecule has 2 N–H and O–H groups in total. The van der Waals surface area contributed by atoms with Crippen LogP contribution < -0.4 is 5.32 Å². The third-order valence-corrected chi connectivity index (χ3v) is 2.85. The topological polar surface area (TPSA) is 67.2 Å². The number of para-hydroxylation sites is 2. The van der Waals surface area contributed by atoms with E-state index in [0.29, 0.717) is 13.1 Å². The molecule has 1 heterocycles. The maximum atomic E-state index is 10.4. The SMILES string of the molecule is CCn1c(CNCCC(=O)O)nc2ccccc21. The van der Waals surface area contributed by atoms with Crippen LogP contribution in [0, 0.1) is 0 Å². The van der Waals surface area contributed by atoms with E-state index in [1.165, 1.54) is 0 Å². The van der Waals surface area contributed by atoms with E-state index in [-0.39, 0.29) is 6.42 Å². The molecular formula is C13H17N3O2. The van der Waals surface area contributed by atoms with Gasteiger partial charge in [-0.1, -0.05) is 12.1 Å². The summed E-state index contributed by atoms with van der Waals surface area (Å²) >= 11 is 0. The van der Waals surface area contributed by atoms with Crippen molar-refractivity contribution in [1.29, 1.82) is 0 Å². The number of fused-ring (bicyclic) bond motifs is 1. The highest BCUT2D eigenvalue weighted by Gasteiger charge is 2.08. The van der Waals surface area contributed by atoms with Gasteiger partial charge in [0, 0.05) is 13.1 Å². The first-order chi connectivity index (χ1) is 8.72. The second kappa shape index (κ2) is 5.64. The minimum Gasteiger partial charge on any atom is -0.481 e. The van der Waals surface area contributed by atoms with E-state index in [1.807, 2.05) is 24.3 Å². The van der Waals surface area contributed by atoms with Gasteiger partial charge in [0.05, 0.1) is 24.0 Å². The Hall–Kier alpha value is -1.88. The van der Waals surface area contributed by atoms with E-state index in [9.17, 15) is 4.79 Å². The second-order valence-electron chi connectivity index (χ2n) is 4.08. The molecule has 0 saturated carbocycles. The van der Waals surface area contributed by atoms with Gasteiger partial charge in [0.2, 0.25) is 0 Å².